The number of aryl methyl sites for hydroxylation is 1. The molecule has 0 spiro atoms. The number of H-pyrrole nitrogens is 1. The van der Waals surface area contributed by atoms with Crippen molar-refractivity contribution in [2.45, 2.75) is 32.5 Å². The van der Waals surface area contributed by atoms with Gasteiger partial charge < -0.3 is 9.72 Å². The summed E-state index contributed by atoms with van der Waals surface area (Å²) in [5.41, 5.74) is 0.751. The number of nitrogens with one attached hydrogen (secondary N) is 1. The van der Waals surface area contributed by atoms with Gasteiger partial charge in [-0.2, -0.15) is 9.65 Å². The number of halogens is 2. The summed E-state index contributed by atoms with van der Waals surface area (Å²) in [4.78, 5) is 23.9. The van der Waals surface area contributed by atoms with Crippen molar-refractivity contribution in [2.75, 3.05) is 6.54 Å². The topological polar surface area (TPSA) is 94.9 Å². The highest BCUT2D eigenvalue weighted by molar-refractivity contribution is 5.75. The van der Waals surface area contributed by atoms with Gasteiger partial charge in [0.1, 0.15) is 29.1 Å². The Morgan fingerprint density at radius 1 is 1.34 bits per heavy atom. The van der Waals surface area contributed by atoms with Gasteiger partial charge in [0.05, 0.1) is 5.52 Å². The Labute approximate surface area is 166 Å². The first-order valence-corrected chi connectivity index (χ1v) is 9.02. The number of likely N-dealkylation sites (tertiary alicyclic amines) is 1. The average molecular weight is 399 g/mol. The molecule has 2 atom stereocenters. The monoisotopic (exact) mass is 399 g/mol. The fourth-order valence-electron chi connectivity index (χ4n) is 3.32. The molecule has 0 saturated carbocycles. The number of nitriles is 1. The van der Waals surface area contributed by atoms with Crippen molar-refractivity contribution < 1.29 is 14.9 Å². The first-order valence-electron chi connectivity index (χ1n) is 9.02. The number of benzene rings is 1. The van der Waals surface area contributed by atoms with Crippen molar-refractivity contribution in [3.8, 4) is 11.8 Å². The second kappa shape index (κ2) is 7.22. The summed E-state index contributed by atoms with van der Waals surface area (Å²) in [7, 11) is 0. The first kappa shape index (κ1) is 19.0. The zero-order valence-corrected chi connectivity index (χ0v) is 15.7. The van der Waals surface area contributed by atoms with Gasteiger partial charge in [-0.05, 0) is 32.0 Å². The molecule has 1 N–H and O–H groups in total. The van der Waals surface area contributed by atoms with Crippen LogP contribution in [0.25, 0.3) is 11.0 Å². The molecule has 3 aromatic rings. The van der Waals surface area contributed by atoms with Crippen molar-refractivity contribution >= 4 is 11.0 Å². The van der Waals surface area contributed by atoms with E-state index in [1.165, 1.54) is 12.1 Å². The third-order valence-electron chi connectivity index (χ3n) is 5.16. The second-order valence-electron chi connectivity index (χ2n) is 7.01. The van der Waals surface area contributed by atoms with Crippen LogP contribution in [0.2, 0.25) is 0 Å². The molecule has 1 aliphatic heterocycles. The standard InChI is InChI=1S/C20H17F2N5O2.H2/c1-10-20(28)26-18-14(24-10)5-3-12(17(18)21)8-27-9-16(11(27)2)29-15-6-4-13(7-23)25-19(15)22;/h3-6,11,16H,8-9H2,1-2H3,(H,26,28);1H/t11-,16+;/m1./s1. The number of aromatic amines is 1. The lowest BCUT2D eigenvalue weighted by Gasteiger charge is -2.45. The minimum atomic E-state index is -0.831. The molecular formula is C20H19F2N5O2. The van der Waals surface area contributed by atoms with Crippen LogP contribution < -0.4 is 10.3 Å². The lowest BCUT2D eigenvalue weighted by molar-refractivity contribution is -0.0437. The molecule has 1 saturated heterocycles. The van der Waals surface area contributed by atoms with E-state index < -0.39 is 17.3 Å². The Kier molecular flexibility index (Phi) is 4.72. The van der Waals surface area contributed by atoms with Crippen LogP contribution in [0.4, 0.5) is 8.78 Å². The van der Waals surface area contributed by atoms with Crippen molar-refractivity contribution in [3.05, 3.63) is 63.3 Å². The molecule has 1 fully saturated rings. The minimum Gasteiger partial charge on any atom is -0.483 e. The van der Waals surface area contributed by atoms with E-state index in [1.807, 2.05) is 11.8 Å². The molecule has 2 aromatic heterocycles. The Morgan fingerprint density at radius 2 is 2.14 bits per heavy atom. The van der Waals surface area contributed by atoms with Crippen molar-refractivity contribution in [3.63, 3.8) is 0 Å². The summed E-state index contributed by atoms with van der Waals surface area (Å²) >= 11 is 0. The van der Waals surface area contributed by atoms with Gasteiger partial charge in [-0.3, -0.25) is 9.69 Å². The molecule has 0 bridgehead atoms. The average Bonchev–Trinajstić information content (AvgIpc) is 2.71. The number of rotatable bonds is 4. The van der Waals surface area contributed by atoms with Crippen LogP contribution in [-0.2, 0) is 6.54 Å². The van der Waals surface area contributed by atoms with Crippen molar-refractivity contribution in [1.29, 1.82) is 5.26 Å². The number of aromatic nitrogens is 3. The van der Waals surface area contributed by atoms with Gasteiger partial charge in [0, 0.05) is 26.1 Å². The van der Waals surface area contributed by atoms with Crippen LogP contribution in [0.1, 0.15) is 25.3 Å². The summed E-state index contributed by atoms with van der Waals surface area (Å²) in [5, 5.41) is 8.75. The highest BCUT2D eigenvalue weighted by Crippen LogP contribution is 2.28. The van der Waals surface area contributed by atoms with Crippen LogP contribution in [0, 0.1) is 30.0 Å². The number of ether oxygens (including phenoxy) is 1. The van der Waals surface area contributed by atoms with Crippen LogP contribution in [0.15, 0.2) is 29.1 Å². The summed E-state index contributed by atoms with van der Waals surface area (Å²) in [6.07, 6.45) is -0.285. The summed E-state index contributed by atoms with van der Waals surface area (Å²) < 4.78 is 34.4. The summed E-state index contributed by atoms with van der Waals surface area (Å²) in [6.45, 7) is 4.25. The molecule has 4 rings (SSSR count). The molecule has 0 radical (unpaired) electrons. The fraction of sp³-hybridized carbons (Fsp3) is 0.300. The maximum atomic E-state index is 14.8. The highest BCUT2D eigenvalue weighted by atomic mass is 19.1. The summed E-state index contributed by atoms with van der Waals surface area (Å²) in [6, 6.07) is 7.77. The SMILES string of the molecule is Cc1nc2ccc(CN3C[C@H](Oc4ccc(C#N)nc4F)[C@H]3C)c(F)c2[nH]c1=O.[HH]. The Bertz CT molecular complexity index is 1210. The zero-order chi connectivity index (χ0) is 20.7. The number of pyridine rings is 1. The van der Waals surface area contributed by atoms with E-state index in [2.05, 4.69) is 15.0 Å². The predicted molar refractivity (Wildman–Crippen MR) is 102 cm³/mol. The molecule has 0 unspecified atom stereocenters. The molecule has 0 amide bonds. The molecule has 1 aromatic carbocycles. The number of nitrogens with zero attached hydrogens (tertiary/aromatic N) is 4. The third-order valence-corrected chi connectivity index (χ3v) is 5.16. The maximum absolute atomic E-state index is 14.8. The van der Waals surface area contributed by atoms with E-state index in [0.29, 0.717) is 24.2 Å². The Morgan fingerprint density at radius 3 is 2.83 bits per heavy atom. The van der Waals surface area contributed by atoms with E-state index in [9.17, 15) is 13.6 Å². The van der Waals surface area contributed by atoms with Gasteiger partial charge in [-0.15, -0.1) is 0 Å². The van der Waals surface area contributed by atoms with Gasteiger partial charge in [0.2, 0.25) is 0 Å². The third kappa shape index (κ3) is 3.43. The van der Waals surface area contributed by atoms with E-state index in [1.54, 1.807) is 25.1 Å². The van der Waals surface area contributed by atoms with Crippen LogP contribution >= 0.6 is 0 Å². The van der Waals surface area contributed by atoms with Gasteiger partial charge >= 0.3 is 0 Å². The Balaban J connectivity index is 0.00000256. The van der Waals surface area contributed by atoms with Gasteiger partial charge in [0.25, 0.3) is 11.5 Å². The molecule has 0 aliphatic carbocycles. The first-order chi connectivity index (χ1) is 13.9. The molecule has 7 nitrogen and oxygen atoms in total. The normalized spacial score (nSPS) is 19.0. The molecule has 150 valence electrons. The number of hydrogen-bond donors (Lipinski definition) is 1. The zero-order valence-electron chi connectivity index (χ0n) is 15.7. The molecule has 1 aliphatic rings. The van der Waals surface area contributed by atoms with Gasteiger partial charge in [0.15, 0.2) is 11.6 Å². The largest absolute Gasteiger partial charge is 0.483 e. The molecular weight excluding hydrogens is 380 g/mol. The Hall–Kier alpha value is -3.38. The second-order valence-corrected chi connectivity index (χ2v) is 7.01. The quantitative estimate of drug-likeness (QED) is 0.678. The summed E-state index contributed by atoms with van der Waals surface area (Å²) in [5.74, 6) is -1.36. The van der Waals surface area contributed by atoms with E-state index in [4.69, 9.17) is 10.00 Å². The van der Waals surface area contributed by atoms with Crippen molar-refractivity contribution in [2.24, 2.45) is 0 Å². The predicted octanol–water partition coefficient (Wildman–Crippen LogP) is 2.67. The fourth-order valence-corrected chi connectivity index (χ4v) is 3.32. The van der Waals surface area contributed by atoms with Gasteiger partial charge in [-0.1, -0.05) is 6.07 Å². The number of hydrogen-bond acceptors (Lipinski definition) is 6. The van der Waals surface area contributed by atoms with Crippen LogP contribution in [0.5, 0.6) is 5.75 Å². The van der Waals surface area contributed by atoms with Gasteiger partial charge in [-0.25, -0.2) is 14.4 Å². The highest BCUT2D eigenvalue weighted by Gasteiger charge is 2.38. The lowest BCUT2D eigenvalue weighted by atomic mass is 9.99. The van der Waals surface area contributed by atoms with E-state index in [-0.39, 0.29) is 36.2 Å². The minimum absolute atomic E-state index is 0. The van der Waals surface area contributed by atoms with Crippen molar-refractivity contribution in [1.82, 2.24) is 19.9 Å². The maximum Gasteiger partial charge on any atom is 0.269 e. The molecule has 29 heavy (non-hydrogen) atoms. The molecule has 9 heteroatoms. The molecule has 3 heterocycles. The van der Waals surface area contributed by atoms with Crippen LogP contribution in [-0.4, -0.2) is 38.5 Å². The smallest absolute Gasteiger partial charge is 0.269 e. The van der Waals surface area contributed by atoms with E-state index >= 15 is 0 Å². The van der Waals surface area contributed by atoms with E-state index in [0.717, 1.165) is 0 Å². The number of fused-ring (bicyclic) bond motifs is 1. The van der Waals surface area contributed by atoms with Crippen LogP contribution in [0.3, 0.4) is 0 Å². The lowest BCUT2D eigenvalue weighted by Crippen LogP contribution is -2.60.